The summed E-state index contributed by atoms with van der Waals surface area (Å²) in [6.07, 6.45) is 10.1. The highest BCUT2D eigenvalue weighted by molar-refractivity contribution is 5.61. The standard InChI is InChI=1S/C22H23N/c1-3-8-20-18(6-1)17-12-14-22(20,13-5-15-23-16-10-11-16)21-9-4-2-7-19(17)21/h1-9,13,16-17,23H,10-12,14-15H2. The van der Waals surface area contributed by atoms with Gasteiger partial charge in [0.1, 0.15) is 0 Å². The summed E-state index contributed by atoms with van der Waals surface area (Å²) in [5.74, 6) is 0.599. The van der Waals surface area contributed by atoms with E-state index in [0.717, 1.165) is 12.6 Å². The van der Waals surface area contributed by atoms with Gasteiger partial charge >= 0.3 is 0 Å². The van der Waals surface area contributed by atoms with Crippen LogP contribution in [0.4, 0.5) is 0 Å². The minimum atomic E-state index is 0.0904. The third-order valence-corrected chi connectivity index (χ3v) is 5.97. The number of hydrogen-bond donors (Lipinski definition) is 1. The van der Waals surface area contributed by atoms with Crippen LogP contribution in [0.2, 0.25) is 0 Å². The Bertz CT molecular complexity index is 722. The van der Waals surface area contributed by atoms with E-state index in [-0.39, 0.29) is 5.41 Å². The molecule has 0 aliphatic heterocycles. The van der Waals surface area contributed by atoms with Crippen LogP contribution in [0.5, 0.6) is 0 Å². The molecule has 0 saturated heterocycles. The minimum absolute atomic E-state index is 0.0904. The Morgan fingerprint density at radius 3 is 2.22 bits per heavy atom. The smallest absolute Gasteiger partial charge is 0.0388 e. The topological polar surface area (TPSA) is 12.0 Å². The molecule has 1 saturated carbocycles. The molecule has 23 heavy (non-hydrogen) atoms. The van der Waals surface area contributed by atoms with Crippen LogP contribution in [0.25, 0.3) is 0 Å². The van der Waals surface area contributed by atoms with Crippen LogP contribution in [0.15, 0.2) is 60.7 Å². The van der Waals surface area contributed by atoms with Crippen LogP contribution in [0, 0.1) is 0 Å². The van der Waals surface area contributed by atoms with Gasteiger partial charge in [-0.25, -0.2) is 0 Å². The molecular formula is C22H23N. The van der Waals surface area contributed by atoms with Crippen molar-refractivity contribution in [2.75, 3.05) is 6.54 Å². The number of rotatable bonds is 4. The first-order valence-electron chi connectivity index (χ1n) is 8.98. The fourth-order valence-corrected chi connectivity index (χ4v) is 4.72. The van der Waals surface area contributed by atoms with Crippen LogP contribution >= 0.6 is 0 Å². The summed E-state index contributed by atoms with van der Waals surface area (Å²) in [5, 5.41) is 3.61. The summed E-state index contributed by atoms with van der Waals surface area (Å²) in [6, 6.07) is 19.0. The first-order valence-corrected chi connectivity index (χ1v) is 8.98. The largest absolute Gasteiger partial charge is 0.311 e. The lowest BCUT2D eigenvalue weighted by Gasteiger charge is -2.48. The van der Waals surface area contributed by atoms with Gasteiger partial charge in [0.05, 0.1) is 0 Å². The van der Waals surface area contributed by atoms with Gasteiger partial charge in [0.15, 0.2) is 0 Å². The highest BCUT2D eigenvalue weighted by atomic mass is 14.9. The van der Waals surface area contributed by atoms with Gasteiger partial charge in [-0.1, -0.05) is 60.7 Å². The third kappa shape index (κ3) is 2.03. The van der Waals surface area contributed by atoms with E-state index in [9.17, 15) is 0 Å². The van der Waals surface area contributed by atoms with E-state index in [2.05, 4.69) is 66.0 Å². The molecule has 1 heteroatoms. The van der Waals surface area contributed by atoms with E-state index in [1.54, 1.807) is 11.1 Å². The van der Waals surface area contributed by atoms with Gasteiger partial charge in [-0.3, -0.25) is 0 Å². The molecule has 6 rings (SSSR count). The Hall–Kier alpha value is -1.86. The molecule has 4 aliphatic rings. The molecular weight excluding hydrogens is 278 g/mol. The Labute approximate surface area is 138 Å². The van der Waals surface area contributed by atoms with E-state index < -0.39 is 0 Å². The van der Waals surface area contributed by atoms with Gasteiger partial charge in [-0.05, 0) is 47.9 Å². The molecule has 2 bridgehead atoms. The first-order chi connectivity index (χ1) is 11.4. The normalized spacial score (nSPS) is 27.9. The van der Waals surface area contributed by atoms with Crippen molar-refractivity contribution in [1.29, 1.82) is 0 Å². The molecule has 4 aliphatic carbocycles. The molecule has 116 valence electrons. The van der Waals surface area contributed by atoms with Crippen LogP contribution in [0.3, 0.4) is 0 Å². The number of nitrogens with one attached hydrogen (secondary N) is 1. The predicted molar refractivity (Wildman–Crippen MR) is 94.9 cm³/mol. The maximum absolute atomic E-state index is 3.61. The first kappa shape index (κ1) is 13.6. The second-order valence-corrected chi connectivity index (χ2v) is 7.32. The van der Waals surface area contributed by atoms with Crippen molar-refractivity contribution in [1.82, 2.24) is 5.32 Å². The van der Waals surface area contributed by atoms with Crippen LogP contribution < -0.4 is 5.32 Å². The molecule has 0 heterocycles. The van der Waals surface area contributed by atoms with Gasteiger partial charge in [0.2, 0.25) is 0 Å². The summed E-state index contributed by atoms with van der Waals surface area (Å²) in [6.45, 7) is 1.00. The number of hydrogen-bond acceptors (Lipinski definition) is 1. The van der Waals surface area contributed by atoms with Crippen LogP contribution in [0.1, 0.15) is 53.9 Å². The van der Waals surface area contributed by atoms with Crippen molar-refractivity contribution in [3.63, 3.8) is 0 Å². The second kappa shape index (κ2) is 5.07. The minimum Gasteiger partial charge on any atom is -0.311 e. The van der Waals surface area contributed by atoms with Gasteiger partial charge in [-0.15, -0.1) is 0 Å². The van der Waals surface area contributed by atoms with Gasteiger partial charge in [0.25, 0.3) is 0 Å². The summed E-state index contributed by atoms with van der Waals surface area (Å²) in [7, 11) is 0. The summed E-state index contributed by atoms with van der Waals surface area (Å²) in [4.78, 5) is 0. The summed E-state index contributed by atoms with van der Waals surface area (Å²) in [5.41, 5.74) is 6.28. The van der Waals surface area contributed by atoms with E-state index in [4.69, 9.17) is 0 Å². The zero-order chi connectivity index (χ0) is 15.3. The Kier molecular flexibility index (Phi) is 2.99. The third-order valence-electron chi connectivity index (χ3n) is 5.97. The molecule has 1 nitrogen and oxygen atoms in total. The Morgan fingerprint density at radius 2 is 1.57 bits per heavy atom. The van der Waals surface area contributed by atoms with Gasteiger partial charge < -0.3 is 5.32 Å². The highest BCUT2D eigenvalue weighted by Crippen LogP contribution is 2.56. The quantitative estimate of drug-likeness (QED) is 0.819. The lowest BCUT2D eigenvalue weighted by atomic mass is 9.55. The number of fused-ring (bicyclic) bond motifs is 1. The van der Waals surface area contributed by atoms with Crippen molar-refractivity contribution in [3.8, 4) is 0 Å². The fourth-order valence-electron chi connectivity index (χ4n) is 4.72. The molecule has 2 aromatic rings. The molecule has 0 radical (unpaired) electrons. The monoisotopic (exact) mass is 301 g/mol. The lowest BCUT2D eigenvalue weighted by molar-refractivity contribution is 0.438. The molecule has 0 aromatic heterocycles. The van der Waals surface area contributed by atoms with E-state index in [0.29, 0.717) is 5.92 Å². The summed E-state index contributed by atoms with van der Waals surface area (Å²) < 4.78 is 0. The van der Waals surface area contributed by atoms with Crippen molar-refractivity contribution in [2.24, 2.45) is 0 Å². The zero-order valence-corrected chi connectivity index (χ0v) is 13.5. The number of allylic oxidation sites excluding steroid dienone is 1. The van der Waals surface area contributed by atoms with E-state index in [1.807, 2.05) is 0 Å². The highest BCUT2D eigenvalue weighted by Gasteiger charge is 2.46. The van der Waals surface area contributed by atoms with E-state index in [1.165, 1.54) is 36.8 Å². The molecule has 0 amide bonds. The van der Waals surface area contributed by atoms with Crippen molar-refractivity contribution >= 4 is 0 Å². The van der Waals surface area contributed by atoms with E-state index >= 15 is 0 Å². The molecule has 2 aromatic carbocycles. The second-order valence-electron chi connectivity index (χ2n) is 7.32. The Balaban J connectivity index is 1.61. The average molecular weight is 301 g/mol. The predicted octanol–water partition coefficient (Wildman–Crippen LogP) is 4.52. The van der Waals surface area contributed by atoms with Gasteiger partial charge in [0, 0.05) is 23.9 Å². The molecule has 1 N–H and O–H groups in total. The number of benzene rings is 2. The lowest BCUT2D eigenvalue weighted by Crippen LogP contribution is -2.38. The maximum Gasteiger partial charge on any atom is 0.0388 e. The van der Waals surface area contributed by atoms with Crippen LogP contribution in [-0.4, -0.2) is 12.6 Å². The maximum atomic E-state index is 3.61. The SMILES string of the molecule is C(=CC12CCC(c3ccccc31)c1ccccc12)CNC1CC1. The molecule has 0 spiro atoms. The molecule has 0 unspecified atom stereocenters. The molecule has 0 atom stereocenters. The summed E-state index contributed by atoms with van der Waals surface area (Å²) >= 11 is 0. The van der Waals surface area contributed by atoms with Crippen molar-refractivity contribution < 1.29 is 0 Å². The van der Waals surface area contributed by atoms with Gasteiger partial charge in [-0.2, -0.15) is 0 Å². The average Bonchev–Trinajstić information content (AvgIpc) is 3.44. The molecule has 1 fully saturated rings. The Morgan fingerprint density at radius 1 is 0.913 bits per heavy atom. The van der Waals surface area contributed by atoms with Crippen molar-refractivity contribution in [3.05, 3.63) is 82.9 Å². The zero-order valence-electron chi connectivity index (χ0n) is 13.5. The van der Waals surface area contributed by atoms with Crippen molar-refractivity contribution in [2.45, 2.75) is 43.1 Å². The van der Waals surface area contributed by atoms with Crippen LogP contribution in [-0.2, 0) is 5.41 Å². The fraction of sp³-hybridized carbons (Fsp3) is 0.364.